The Morgan fingerprint density at radius 1 is 0.506 bits per heavy atom. The van der Waals surface area contributed by atoms with Gasteiger partial charge >= 0.3 is 65.7 Å². The third-order valence-electron chi connectivity index (χ3n) is 11.4. The number of fused-ring (bicyclic) bond motifs is 6. The lowest BCUT2D eigenvalue weighted by molar-refractivity contribution is -0.170. The number of carbonyl (C=O) groups is 11. The van der Waals surface area contributed by atoms with Gasteiger partial charge in [0.15, 0.2) is 28.9 Å². The van der Waals surface area contributed by atoms with Gasteiger partial charge in [-0.1, -0.05) is 13.8 Å². The summed E-state index contributed by atoms with van der Waals surface area (Å²) in [6.45, 7) is 0.193. The fourth-order valence-corrected chi connectivity index (χ4v) is 8.28. The normalized spacial score (nSPS) is 13.0. The summed E-state index contributed by atoms with van der Waals surface area (Å²) in [6, 6.07) is 3.17. The Morgan fingerprint density at radius 2 is 0.914 bits per heavy atom. The first-order valence-corrected chi connectivity index (χ1v) is 23.8. The number of rotatable bonds is 26. The van der Waals surface area contributed by atoms with Crippen molar-refractivity contribution in [2.75, 3.05) is 84.6 Å². The van der Waals surface area contributed by atoms with Gasteiger partial charge in [0, 0.05) is 81.3 Å². The highest BCUT2D eigenvalue weighted by atomic mass is 19.1. The molecule has 0 saturated heterocycles. The lowest BCUT2D eigenvalue weighted by Gasteiger charge is -2.45. The van der Waals surface area contributed by atoms with E-state index in [1.54, 1.807) is 0 Å². The van der Waals surface area contributed by atoms with Crippen molar-refractivity contribution in [3.63, 3.8) is 0 Å². The van der Waals surface area contributed by atoms with Crippen LogP contribution in [0, 0.1) is 23.3 Å². The maximum absolute atomic E-state index is 17.1. The van der Waals surface area contributed by atoms with Gasteiger partial charge in [0.2, 0.25) is 38.7 Å². The lowest BCUT2D eigenvalue weighted by atomic mass is 9.61. The minimum absolute atomic E-state index is 0.232. The molecule has 1 heterocycles. The zero-order valence-corrected chi connectivity index (χ0v) is 44.5. The van der Waals surface area contributed by atoms with Crippen LogP contribution >= 0.6 is 0 Å². The maximum atomic E-state index is 17.1. The second-order valence-corrected chi connectivity index (χ2v) is 17.7. The van der Waals surface area contributed by atoms with Crippen molar-refractivity contribution in [1.82, 2.24) is 4.90 Å². The van der Waals surface area contributed by atoms with Crippen molar-refractivity contribution in [1.29, 1.82) is 0 Å². The molecule has 26 nitrogen and oxygen atoms in total. The van der Waals surface area contributed by atoms with E-state index in [0.29, 0.717) is 12.1 Å². The van der Waals surface area contributed by atoms with E-state index in [2.05, 4.69) is 18.9 Å². The highest BCUT2D eigenvalue weighted by molar-refractivity contribution is 5.99. The molecule has 1 aliphatic heterocycles. The summed E-state index contributed by atoms with van der Waals surface area (Å²) in [6.07, 6.45) is 0. The lowest BCUT2D eigenvalue weighted by Crippen LogP contribution is -2.43. The summed E-state index contributed by atoms with van der Waals surface area (Å²) in [4.78, 5) is 138. The van der Waals surface area contributed by atoms with E-state index >= 15 is 17.6 Å². The van der Waals surface area contributed by atoms with E-state index in [9.17, 15) is 52.7 Å². The van der Waals surface area contributed by atoms with Crippen LogP contribution in [0.4, 0.5) is 23.2 Å². The highest BCUT2D eigenvalue weighted by Crippen LogP contribution is 2.60. The molecule has 0 radical (unpaired) electrons. The fraction of sp³-hybridized carbons (Fsp3) is 0.431. The van der Waals surface area contributed by atoms with Crippen LogP contribution in [-0.4, -0.2) is 150 Å². The van der Waals surface area contributed by atoms with Crippen LogP contribution in [0.3, 0.4) is 0 Å². The number of ether oxygens (including phenoxy) is 13. The van der Waals surface area contributed by atoms with E-state index in [1.165, 1.54) is 18.7 Å². The minimum Gasteiger partial charge on any atom is -0.489 e. The van der Waals surface area contributed by atoms with Crippen LogP contribution in [-0.2, 0) is 106 Å². The monoisotopic (exact) mass is 1150 g/mol. The van der Waals surface area contributed by atoms with Crippen LogP contribution in [0.5, 0.6) is 17.2 Å². The minimum atomic E-state index is -2.80. The molecule has 438 valence electrons. The Balaban J connectivity index is 1.67. The summed E-state index contributed by atoms with van der Waals surface area (Å²) in [5.74, 6) is -20.7. The fourth-order valence-electron chi connectivity index (χ4n) is 8.28. The molecular weight excluding hydrogens is 1100 g/mol. The van der Waals surface area contributed by atoms with Crippen molar-refractivity contribution >= 4 is 71.3 Å². The standard InChI is InChI=1S/C51H52F4N2O24/c1-25(58)71-21-75-39(64)17-56(18-40(65)76-22-72-26(2)59)9-10-69-11-12-70-38-16-32-31(13-37(38)57(19-41(66)77-23-73-27(3)60)20-42(67)78-24-74-28(4)61)49(68)81-51(32)33-14-35(52)47(79-29(5)62)45(54)43(33)50(7,8)44-34(51)15-36(53)48(46(44)55)80-30(6)63/h13-16H,9-12,17-24H2,1-8H3. The number of carbonyl (C=O) groups excluding carboxylic acids is 11. The molecule has 0 N–H and O–H groups in total. The van der Waals surface area contributed by atoms with Crippen LogP contribution in [0.1, 0.15) is 93.6 Å². The highest BCUT2D eigenvalue weighted by Gasteiger charge is 2.59. The molecule has 5 rings (SSSR count). The van der Waals surface area contributed by atoms with Gasteiger partial charge in [-0.15, -0.1) is 0 Å². The summed E-state index contributed by atoms with van der Waals surface area (Å²) >= 11 is 0. The average Bonchev–Trinajstić information content (AvgIpc) is 2.46. The van der Waals surface area contributed by atoms with Gasteiger partial charge in [0.25, 0.3) is 0 Å². The number of hydrogen-bond acceptors (Lipinski definition) is 26. The largest absolute Gasteiger partial charge is 0.489 e. The predicted molar refractivity (Wildman–Crippen MR) is 255 cm³/mol. The first-order valence-electron chi connectivity index (χ1n) is 23.8. The Labute approximate surface area is 456 Å². The third-order valence-corrected chi connectivity index (χ3v) is 11.4. The number of hydrogen-bond donors (Lipinski definition) is 0. The Hall–Kier alpha value is -8.93. The van der Waals surface area contributed by atoms with E-state index in [-0.39, 0.29) is 18.8 Å². The second-order valence-electron chi connectivity index (χ2n) is 17.7. The molecule has 81 heavy (non-hydrogen) atoms. The van der Waals surface area contributed by atoms with Crippen molar-refractivity contribution < 1.29 is 132 Å². The molecular formula is C51H52F4N2O24. The molecule has 0 unspecified atom stereocenters. The van der Waals surface area contributed by atoms with Crippen LogP contribution in [0.25, 0.3) is 0 Å². The molecule has 0 aromatic heterocycles. The zero-order chi connectivity index (χ0) is 60.1. The van der Waals surface area contributed by atoms with E-state index in [4.69, 9.17) is 42.6 Å². The summed E-state index contributed by atoms with van der Waals surface area (Å²) in [5, 5.41) is 0. The third kappa shape index (κ3) is 15.7. The molecule has 0 fully saturated rings. The van der Waals surface area contributed by atoms with E-state index in [1.807, 2.05) is 0 Å². The number of nitrogens with zero attached hydrogens (tertiary/aromatic N) is 2. The van der Waals surface area contributed by atoms with Crippen molar-refractivity contribution in [2.24, 2.45) is 0 Å². The van der Waals surface area contributed by atoms with Gasteiger partial charge in [0.05, 0.1) is 37.6 Å². The van der Waals surface area contributed by atoms with Gasteiger partial charge in [0.1, 0.15) is 25.4 Å². The first-order chi connectivity index (χ1) is 38.1. The number of benzene rings is 3. The summed E-state index contributed by atoms with van der Waals surface area (Å²) in [5.41, 5.74) is -8.87. The number of halogens is 4. The van der Waals surface area contributed by atoms with Gasteiger partial charge in [-0.2, -0.15) is 0 Å². The van der Waals surface area contributed by atoms with E-state index in [0.717, 1.165) is 58.6 Å². The molecule has 0 bridgehead atoms. The van der Waals surface area contributed by atoms with Gasteiger partial charge in [-0.3, -0.25) is 52.8 Å². The van der Waals surface area contributed by atoms with Crippen molar-refractivity contribution in [3.8, 4) is 17.2 Å². The quantitative estimate of drug-likeness (QED) is 0.0278. The van der Waals surface area contributed by atoms with Crippen molar-refractivity contribution in [3.05, 3.63) is 80.9 Å². The SMILES string of the molecule is CC(=O)OCOC(=O)CN(CCOCCOc1cc2c(cc1N(CC(=O)OCOC(C)=O)CC(=O)OCOC(C)=O)C(=O)OC21c2cc(F)c(OC(C)=O)c(F)c2C(C)(C)c2c1cc(F)c(OC(C)=O)c2F)CC(=O)OCOC(C)=O. The molecule has 1 aliphatic carbocycles. The van der Waals surface area contributed by atoms with Crippen molar-refractivity contribution in [2.45, 2.75) is 66.4 Å². The van der Waals surface area contributed by atoms with Gasteiger partial charge < -0.3 is 66.5 Å². The van der Waals surface area contributed by atoms with Gasteiger partial charge in [-0.25, -0.2) is 22.4 Å². The van der Waals surface area contributed by atoms with Crippen LogP contribution in [0.15, 0.2) is 24.3 Å². The van der Waals surface area contributed by atoms with Crippen LogP contribution < -0.4 is 19.1 Å². The molecule has 3 aromatic carbocycles. The first kappa shape index (κ1) is 62.9. The molecule has 0 atom stereocenters. The smallest absolute Gasteiger partial charge is 0.340 e. The maximum Gasteiger partial charge on any atom is 0.340 e. The van der Waals surface area contributed by atoms with E-state index < -0.39 is 217 Å². The predicted octanol–water partition coefficient (Wildman–Crippen LogP) is 2.95. The molecule has 2 aliphatic rings. The molecule has 1 spiro atoms. The molecule has 3 aromatic rings. The Morgan fingerprint density at radius 3 is 1.31 bits per heavy atom. The zero-order valence-electron chi connectivity index (χ0n) is 44.5. The summed E-state index contributed by atoms with van der Waals surface area (Å²) in [7, 11) is 0. The molecule has 30 heteroatoms. The van der Waals surface area contributed by atoms with Gasteiger partial charge in [-0.05, 0) is 24.3 Å². The topological polar surface area (TPSA) is 314 Å². The average molecular weight is 1150 g/mol. The second kappa shape index (κ2) is 27.3. The molecule has 0 saturated carbocycles. The molecule has 0 amide bonds. The van der Waals surface area contributed by atoms with Crippen LogP contribution in [0.2, 0.25) is 0 Å². The Kier molecular flexibility index (Phi) is 21.2. The summed E-state index contributed by atoms with van der Waals surface area (Å²) < 4.78 is 133. The number of esters is 11. The Bertz CT molecular complexity index is 2870. The number of anilines is 1.